The van der Waals surface area contributed by atoms with E-state index in [-0.39, 0.29) is 30.2 Å². The zero-order valence-electron chi connectivity index (χ0n) is 14.9. The molecule has 140 valence electrons. The molecule has 1 saturated heterocycles. The summed E-state index contributed by atoms with van der Waals surface area (Å²) in [5.41, 5.74) is 1.98. The van der Waals surface area contributed by atoms with Crippen molar-refractivity contribution in [2.24, 2.45) is 5.92 Å². The van der Waals surface area contributed by atoms with Crippen LogP contribution in [0.15, 0.2) is 24.3 Å². The second-order valence-corrected chi connectivity index (χ2v) is 7.26. The molecule has 0 saturated carbocycles. The van der Waals surface area contributed by atoms with E-state index in [0.29, 0.717) is 32.2 Å². The van der Waals surface area contributed by atoms with Gasteiger partial charge in [-0.25, -0.2) is 0 Å². The van der Waals surface area contributed by atoms with Gasteiger partial charge in [-0.3, -0.25) is 14.4 Å². The third-order valence-electron chi connectivity index (χ3n) is 5.46. The fraction of sp³-hybridized carbons (Fsp3) is 0.550. The SMILES string of the molecule is O=C(O)CC[C@H]1CCCCN1C(=O)CC[C@@H]1Cc2ccccc2NC1=O. The lowest BCUT2D eigenvalue weighted by atomic mass is 9.89. The van der Waals surface area contributed by atoms with Crippen LogP contribution < -0.4 is 5.32 Å². The zero-order chi connectivity index (χ0) is 18.5. The topological polar surface area (TPSA) is 86.7 Å². The lowest BCUT2D eigenvalue weighted by Crippen LogP contribution is -2.44. The molecule has 0 aliphatic carbocycles. The van der Waals surface area contributed by atoms with Crippen LogP contribution in [0.2, 0.25) is 0 Å². The van der Waals surface area contributed by atoms with Crippen LogP contribution in [0.4, 0.5) is 5.69 Å². The first kappa shape index (κ1) is 18.4. The number of fused-ring (bicyclic) bond motifs is 1. The summed E-state index contributed by atoms with van der Waals surface area (Å²) in [5.74, 6) is -0.971. The Morgan fingerprint density at radius 2 is 1.96 bits per heavy atom. The molecule has 0 spiro atoms. The van der Waals surface area contributed by atoms with Gasteiger partial charge in [0.05, 0.1) is 0 Å². The number of likely N-dealkylation sites (tertiary alicyclic amines) is 1. The molecule has 6 nitrogen and oxygen atoms in total. The fourth-order valence-corrected chi connectivity index (χ4v) is 4.01. The van der Waals surface area contributed by atoms with Gasteiger partial charge in [0.2, 0.25) is 11.8 Å². The van der Waals surface area contributed by atoms with Crippen molar-refractivity contribution in [2.45, 2.75) is 57.4 Å². The first-order valence-electron chi connectivity index (χ1n) is 9.44. The summed E-state index contributed by atoms with van der Waals surface area (Å²) in [4.78, 5) is 37.7. The summed E-state index contributed by atoms with van der Waals surface area (Å²) < 4.78 is 0. The van der Waals surface area contributed by atoms with Crippen LogP contribution in [0, 0.1) is 5.92 Å². The van der Waals surface area contributed by atoms with Gasteiger partial charge in [-0.05, 0) is 50.2 Å². The van der Waals surface area contributed by atoms with E-state index < -0.39 is 5.97 Å². The van der Waals surface area contributed by atoms with Crippen LogP contribution in [-0.2, 0) is 20.8 Å². The first-order valence-corrected chi connectivity index (χ1v) is 9.44. The van der Waals surface area contributed by atoms with Gasteiger partial charge in [0.1, 0.15) is 0 Å². The second kappa shape index (κ2) is 8.34. The molecular formula is C20H26N2O4. The standard InChI is InChI=1S/C20H26N2O4/c23-18(22-12-4-3-6-16(22)9-11-19(24)25)10-8-15-13-14-5-1-2-7-17(14)21-20(15)26/h1-2,5,7,15-16H,3-4,6,8-13H2,(H,21,26)(H,24,25)/t15-,16-/m1/s1. The Hall–Kier alpha value is -2.37. The van der Waals surface area contributed by atoms with Crippen molar-refractivity contribution in [3.63, 3.8) is 0 Å². The molecule has 0 bridgehead atoms. The van der Waals surface area contributed by atoms with Crippen molar-refractivity contribution in [3.8, 4) is 0 Å². The number of amides is 2. The maximum Gasteiger partial charge on any atom is 0.303 e. The smallest absolute Gasteiger partial charge is 0.303 e. The molecule has 0 unspecified atom stereocenters. The zero-order valence-corrected chi connectivity index (χ0v) is 14.9. The Kier molecular flexibility index (Phi) is 5.91. The number of rotatable bonds is 6. The van der Waals surface area contributed by atoms with E-state index in [0.717, 1.165) is 30.5 Å². The molecule has 0 aromatic heterocycles. The fourth-order valence-electron chi connectivity index (χ4n) is 4.01. The molecule has 3 rings (SSSR count). The van der Waals surface area contributed by atoms with Gasteiger partial charge in [0, 0.05) is 37.0 Å². The highest BCUT2D eigenvalue weighted by Crippen LogP contribution is 2.28. The number of benzene rings is 1. The van der Waals surface area contributed by atoms with Gasteiger partial charge in [-0.15, -0.1) is 0 Å². The predicted octanol–water partition coefficient (Wildman–Crippen LogP) is 2.82. The number of para-hydroxylation sites is 1. The van der Waals surface area contributed by atoms with Crippen molar-refractivity contribution in [3.05, 3.63) is 29.8 Å². The Balaban J connectivity index is 1.55. The average molecular weight is 358 g/mol. The number of nitrogens with zero attached hydrogens (tertiary/aromatic N) is 1. The number of carbonyl (C=O) groups excluding carboxylic acids is 2. The van der Waals surface area contributed by atoms with Crippen LogP contribution in [0.5, 0.6) is 0 Å². The highest BCUT2D eigenvalue weighted by Gasteiger charge is 2.30. The predicted molar refractivity (Wildman–Crippen MR) is 97.7 cm³/mol. The largest absolute Gasteiger partial charge is 0.481 e. The lowest BCUT2D eigenvalue weighted by molar-refractivity contribution is -0.140. The maximum atomic E-state index is 12.7. The van der Waals surface area contributed by atoms with Crippen molar-refractivity contribution in [1.82, 2.24) is 4.90 Å². The highest BCUT2D eigenvalue weighted by molar-refractivity contribution is 5.96. The molecule has 6 heteroatoms. The molecule has 1 aromatic rings. The highest BCUT2D eigenvalue weighted by atomic mass is 16.4. The van der Waals surface area contributed by atoms with Crippen molar-refractivity contribution < 1.29 is 19.5 Å². The van der Waals surface area contributed by atoms with E-state index in [1.165, 1.54) is 0 Å². The van der Waals surface area contributed by atoms with Gasteiger partial charge in [-0.2, -0.15) is 0 Å². The number of carbonyl (C=O) groups is 3. The molecule has 1 fully saturated rings. The lowest BCUT2D eigenvalue weighted by Gasteiger charge is -2.36. The van der Waals surface area contributed by atoms with Gasteiger partial charge >= 0.3 is 5.97 Å². The molecule has 1 aromatic carbocycles. The van der Waals surface area contributed by atoms with Crippen LogP contribution in [0.25, 0.3) is 0 Å². The number of carboxylic acids is 1. The first-order chi connectivity index (χ1) is 12.5. The van der Waals surface area contributed by atoms with Gasteiger partial charge in [0.25, 0.3) is 0 Å². The minimum Gasteiger partial charge on any atom is -0.481 e. The number of nitrogens with one attached hydrogen (secondary N) is 1. The minimum atomic E-state index is -0.819. The van der Waals surface area contributed by atoms with E-state index in [1.807, 2.05) is 29.2 Å². The number of hydrogen-bond donors (Lipinski definition) is 2. The summed E-state index contributed by atoms with van der Waals surface area (Å²) in [6.07, 6.45) is 5.01. The Labute approximate surface area is 153 Å². The number of hydrogen-bond acceptors (Lipinski definition) is 3. The normalized spacial score (nSPS) is 22.5. The molecule has 0 radical (unpaired) electrons. The summed E-state index contributed by atoms with van der Waals surface area (Å²) in [6.45, 7) is 0.697. The van der Waals surface area contributed by atoms with E-state index >= 15 is 0 Å². The monoisotopic (exact) mass is 358 g/mol. The summed E-state index contributed by atoms with van der Waals surface area (Å²) in [6, 6.07) is 7.79. The second-order valence-electron chi connectivity index (χ2n) is 7.26. The van der Waals surface area contributed by atoms with Crippen molar-refractivity contribution in [2.75, 3.05) is 11.9 Å². The maximum absolute atomic E-state index is 12.7. The Morgan fingerprint density at radius 3 is 2.77 bits per heavy atom. The van der Waals surface area contributed by atoms with E-state index in [1.54, 1.807) is 0 Å². The number of aliphatic carboxylic acids is 1. The average Bonchev–Trinajstić information content (AvgIpc) is 2.64. The van der Waals surface area contributed by atoms with E-state index in [9.17, 15) is 14.4 Å². The van der Waals surface area contributed by atoms with Crippen LogP contribution in [-0.4, -0.2) is 40.4 Å². The molecule has 2 aliphatic rings. The molecule has 2 atom stereocenters. The van der Waals surface area contributed by atoms with Crippen LogP contribution in [0.1, 0.15) is 50.5 Å². The van der Waals surface area contributed by atoms with Crippen molar-refractivity contribution in [1.29, 1.82) is 0 Å². The Bertz CT molecular complexity index is 688. The van der Waals surface area contributed by atoms with E-state index in [2.05, 4.69) is 5.32 Å². The third kappa shape index (κ3) is 4.42. The Morgan fingerprint density at radius 1 is 1.15 bits per heavy atom. The summed E-state index contributed by atoms with van der Waals surface area (Å²) in [7, 11) is 0. The van der Waals surface area contributed by atoms with Gasteiger partial charge in [-0.1, -0.05) is 18.2 Å². The molecule has 26 heavy (non-hydrogen) atoms. The molecule has 2 heterocycles. The number of carboxylic acid groups (broad SMARTS) is 1. The molecule has 2 N–H and O–H groups in total. The molecular weight excluding hydrogens is 332 g/mol. The van der Waals surface area contributed by atoms with Gasteiger partial charge in [0.15, 0.2) is 0 Å². The quantitative estimate of drug-likeness (QED) is 0.819. The minimum absolute atomic E-state index is 0.0161. The number of anilines is 1. The van der Waals surface area contributed by atoms with Gasteiger partial charge < -0.3 is 15.3 Å². The summed E-state index contributed by atoms with van der Waals surface area (Å²) in [5, 5.41) is 11.8. The molecule has 2 amide bonds. The van der Waals surface area contributed by atoms with Crippen LogP contribution in [0.3, 0.4) is 0 Å². The summed E-state index contributed by atoms with van der Waals surface area (Å²) >= 11 is 0. The number of piperidine rings is 1. The molecule has 2 aliphatic heterocycles. The van der Waals surface area contributed by atoms with Crippen LogP contribution >= 0.6 is 0 Å². The third-order valence-corrected chi connectivity index (χ3v) is 5.46. The van der Waals surface area contributed by atoms with E-state index in [4.69, 9.17) is 5.11 Å². The van der Waals surface area contributed by atoms with Crippen molar-refractivity contribution >= 4 is 23.5 Å².